The summed E-state index contributed by atoms with van der Waals surface area (Å²) in [6, 6.07) is 5.75. The van der Waals surface area contributed by atoms with Gasteiger partial charge in [0.15, 0.2) is 0 Å². The van der Waals surface area contributed by atoms with Gasteiger partial charge in [-0.15, -0.1) is 0 Å². The van der Waals surface area contributed by atoms with Crippen LogP contribution >= 0.6 is 0 Å². The van der Waals surface area contributed by atoms with Crippen molar-refractivity contribution in [2.75, 3.05) is 6.54 Å². The number of nitrogens with zero attached hydrogens (tertiary/aromatic N) is 1. The first-order valence-corrected chi connectivity index (χ1v) is 6.60. The Bertz CT molecular complexity index is 592. The van der Waals surface area contributed by atoms with Crippen molar-refractivity contribution >= 4 is 23.9 Å². The van der Waals surface area contributed by atoms with Gasteiger partial charge in [-0.1, -0.05) is 12.1 Å². The van der Waals surface area contributed by atoms with Crippen LogP contribution in [0.1, 0.15) is 28.8 Å². The van der Waals surface area contributed by atoms with Gasteiger partial charge in [0.25, 0.3) is 0 Å². The summed E-state index contributed by atoms with van der Waals surface area (Å²) in [4.78, 5) is 35.3. The van der Waals surface area contributed by atoms with Gasteiger partial charge in [-0.05, 0) is 36.6 Å². The van der Waals surface area contributed by atoms with Crippen LogP contribution < -0.4 is 5.73 Å². The number of amides is 2. The van der Waals surface area contributed by atoms with E-state index >= 15 is 0 Å². The number of carboxylic acids is 1. The van der Waals surface area contributed by atoms with Crippen molar-refractivity contribution < 1.29 is 19.5 Å². The molecule has 1 saturated heterocycles. The molecule has 1 aromatic rings. The summed E-state index contributed by atoms with van der Waals surface area (Å²) in [5.41, 5.74) is 6.27. The van der Waals surface area contributed by atoms with Crippen molar-refractivity contribution in [2.45, 2.75) is 18.9 Å². The molecule has 0 radical (unpaired) electrons. The second-order valence-electron chi connectivity index (χ2n) is 4.85. The highest BCUT2D eigenvalue weighted by molar-refractivity contribution is 5.95. The van der Waals surface area contributed by atoms with Crippen LogP contribution in [0, 0.1) is 0 Å². The Labute approximate surface area is 121 Å². The molecule has 6 nitrogen and oxygen atoms in total. The number of rotatable bonds is 4. The maximum Gasteiger partial charge on any atom is 0.326 e. The number of aliphatic carboxylic acids is 1. The first-order valence-electron chi connectivity index (χ1n) is 6.60. The molecule has 6 heteroatoms. The maximum atomic E-state index is 12.0. The van der Waals surface area contributed by atoms with Gasteiger partial charge < -0.3 is 15.7 Å². The third-order valence-electron chi connectivity index (χ3n) is 3.43. The molecule has 0 bridgehead atoms. The molecule has 1 aliphatic heterocycles. The monoisotopic (exact) mass is 288 g/mol. The first-order chi connectivity index (χ1) is 9.99. The summed E-state index contributed by atoms with van der Waals surface area (Å²) in [5, 5.41) is 9.04. The van der Waals surface area contributed by atoms with Crippen molar-refractivity contribution in [3.63, 3.8) is 0 Å². The Morgan fingerprint density at radius 2 is 1.90 bits per heavy atom. The molecule has 0 aliphatic carbocycles. The average Bonchev–Trinajstić information content (AvgIpc) is 2.95. The quantitative estimate of drug-likeness (QED) is 0.803. The minimum atomic E-state index is -0.972. The van der Waals surface area contributed by atoms with Crippen LogP contribution in [0.5, 0.6) is 0 Å². The SMILES string of the molecule is NC(=O)c1ccc(/C=C/C(=O)N2CCC[C@@H]2C(=O)O)cc1. The van der Waals surface area contributed by atoms with Crippen molar-refractivity contribution in [3.8, 4) is 0 Å². The Balaban J connectivity index is 2.05. The summed E-state index contributed by atoms with van der Waals surface area (Å²) in [6.07, 6.45) is 4.12. The van der Waals surface area contributed by atoms with Crippen LogP contribution in [-0.4, -0.2) is 40.4 Å². The maximum absolute atomic E-state index is 12.0. The fourth-order valence-corrected chi connectivity index (χ4v) is 2.31. The number of likely N-dealkylation sites (tertiary alicyclic amines) is 1. The lowest BCUT2D eigenvalue weighted by Gasteiger charge is -2.19. The van der Waals surface area contributed by atoms with Gasteiger partial charge in [-0.2, -0.15) is 0 Å². The van der Waals surface area contributed by atoms with Crippen LogP contribution in [0.3, 0.4) is 0 Å². The van der Waals surface area contributed by atoms with E-state index in [1.165, 1.54) is 11.0 Å². The van der Waals surface area contributed by atoms with Crippen molar-refractivity contribution in [1.82, 2.24) is 4.90 Å². The predicted molar refractivity (Wildman–Crippen MR) is 76.4 cm³/mol. The molecule has 3 N–H and O–H groups in total. The highest BCUT2D eigenvalue weighted by Crippen LogP contribution is 2.18. The number of benzene rings is 1. The minimum Gasteiger partial charge on any atom is -0.480 e. The van der Waals surface area contributed by atoms with Gasteiger partial charge in [0.05, 0.1) is 0 Å². The van der Waals surface area contributed by atoms with Gasteiger partial charge in [0.2, 0.25) is 11.8 Å². The third kappa shape index (κ3) is 3.47. The Hall–Kier alpha value is -2.63. The number of hydrogen-bond acceptors (Lipinski definition) is 3. The second-order valence-corrected chi connectivity index (χ2v) is 4.85. The van der Waals surface area contributed by atoms with Crippen molar-refractivity contribution in [1.29, 1.82) is 0 Å². The predicted octanol–water partition coefficient (Wildman–Crippen LogP) is 0.874. The molecule has 2 rings (SSSR count). The van der Waals surface area contributed by atoms with E-state index in [0.717, 1.165) is 5.56 Å². The van der Waals surface area contributed by atoms with Crippen LogP contribution in [0.2, 0.25) is 0 Å². The van der Waals surface area contributed by atoms with Crippen LogP contribution in [-0.2, 0) is 9.59 Å². The Kier molecular flexibility index (Phi) is 4.37. The lowest BCUT2D eigenvalue weighted by molar-refractivity contribution is -0.146. The zero-order valence-electron chi connectivity index (χ0n) is 11.4. The highest BCUT2D eigenvalue weighted by atomic mass is 16.4. The lowest BCUT2D eigenvalue weighted by Crippen LogP contribution is -2.39. The van der Waals surface area contributed by atoms with Crippen LogP contribution in [0.4, 0.5) is 0 Å². The molecule has 110 valence electrons. The molecule has 0 unspecified atom stereocenters. The normalized spacial score (nSPS) is 18.1. The zero-order valence-corrected chi connectivity index (χ0v) is 11.4. The topological polar surface area (TPSA) is 101 Å². The first kappa shape index (κ1) is 14.8. The minimum absolute atomic E-state index is 0.320. The molecule has 0 aromatic heterocycles. The largest absolute Gasteiger partial charge is 0.480 e. The number of primary amides is 1. The van der Waals surface area contributed by atoms with E-state index in [9.17, 15) is 14.4 Å². The average molecular weight is 288 g/mol. The lowest BCUT2D eigenvalue weighted by atomic mass is 10.1. The molecule has 2 amide bonds. The highest BCUT2D eigenvalue weighted by Gasteiger charge is 2.32. The van der Waals surface area contributed by atoms with E-state index in [2.05, 4.69) is 0 Å². The molecule has 21 heavy (non-hydrogen) atoms. The van der Waals surface area contributed by atoms with Crippen molar-refractivity contribution in [3.05, 3.63) is 41.5 Å². The Morgan fingerprint density at radius 1 is 1.24 bits per heavy atom. The fraction of sp³-hybridized carbons (Fsp3) is 0.267. The zero-order chi connectivity index (χ0) is 15.4. The molecule has 1 aliphatic rings. The number of hydrogen-bond donors (Lipinski definition) is 2. The van der Waals surface area contributed by atoms with E-state index in [4.69, 9.17) is 10.8 Å². The third-order valence-corrected chi connectivity index (χ3v) is 3.43. The van der Waals surface area contributed by atoms with Gasteiger partial charge in [-0.3, -0.25) is 9.59 Å². The summed E-state index contributed by atoms with van der Waals surface area (Å²) in [6.45, 7) is 0.459. The van der Waals surface area contributed by atoms with E-state index in [-0.39, 0.29) is 5.91 Å². The summed E-state index contributed by atoms with van der Waals surface area (Å²) in [5.74, 6) is -1.80. The van der Waals surface area contributed by atoms with E-state index in [1.54, 1.807) is 30.3 Å². The smallest absolute Gasteiger partial charge is 0.326 e. The van der Waals surface area contributed by atoms with E-state index in [0.29, 0.717) is 24.9 Å². The second kappa shape index (κ2) is 6.21. The van der Waals surface area contributed by atoms with Crippen LogP contribution in [0.25, 0.3) is 6.08 Å². The number of carboxylic acid groups (broad SMARTS) is 1. The van der Waals surface area contributed by atoms with Crippen molar-refractivity contribution in [2.24, 2.45) is 5.73 Å². The molecule has 1 fully saturated rings. The molecular formula is C15H16N2O4. The number of carbonyl (C=O) groups is 3. The van der Waals surface area contributed by atoms with Gasteiger partial charge in [0.1, 0.15) is 6.04 Å². The fourth-order valence-electron chi connectivity index (χ4n) is 2.31. The van der Waals surface area contributed by atoms with E-state index < -0.39 is 17.9 Å². The molecule has 0 saturated carbocycles. The number of nitrogens with two attached hydrogens (primary N) is 1. The summed E-state index contributed by atoms with van der Waals surface area (Å²) in [7, 11) is 0. The Morgan fingerprint density at radius 3 is 2.48 bits per heavy atom. The summed E-state index contributed by atoms with van der Waals surface area (Å²) >= 11 is 0. The molecular weight excluding hydrogens is 272 g/mol. The van der Waals surface area contributed by atoms with Gasteiger partial charge >= 0.3 is 5.97 Å². The number of carbonyl (C=O) groups excluding carboxylic acids is 2. The van der Waals surface area contributed by atoms with Gasteiger partial charge in [-0.25, -0.2) is 4.79 Å². The molecule has 0 spiro atoms. The van der Waals surface area contributed by atoms with E-state index in [1.807, 2.05) is 0 Å². The van der Waals surface area contributed by atoms with Crippen LogP contribution in [0.15, 0.2) is 30.3 Å². The molecule has 1 heterocycles. The molecule has 1 aromatic carbocycles. The summed E-state index contributed by atoms with van der Waals surface area (Å²) < 4.78 is 0. The standard InChI is InChI=1S/C15H16N2O4/c16-14(19)11-6-3-10(4-7-11)5-8-13(18)17-9-1-2-12(17)15(20)21/h3-8,12H,1-2,9H2,(H2,16,19)(H,20,21)/b8-5+/t12-/m1/s1. The molecule has 1 atom stereocenters. The van der Waals surface area contributed by atoms with Gasteiger partial charge in [0, 0.05) is 18.2 Å².